The highest BCUT2D eigenvalue weighted by atomic mass is 35.5. The van der Waals surface area contributed by atoms with Gasteiger partial charge in [0.1, 0.15) is 23.5 Å². The van der Waals surface area contributed by atoms with E-state index < -0.39 is 16.0 Å². The molecular formula is C35H32Cl2N4O5S. The fourth-order valence-electron chi connectivity index (χ4n) is 5.95. The van der Waals surface area contributed by atoms with Crippen LogP contribution in [0.2, 0.25) is 10.0 Å². The molecule has 2 heterocycles. The molecule has 242 valence electrons. The predicted molar refractivity (Wildman–Crippen MR) is 183 cm³/mol. The van der Waals surface area contributed by atoms with Gasteiger partial charge in [-0.3, -0.25) is 0 Å². The van der Waals surface area contributed by atoms with Crippen LogP contribution in [0, 0.1) is 0 Å². The van der Waals surface area contributed by atoms with Gasteiger partial charge in [-0.15, -0.1) is 0 Å². The topological polar surface area (TPSA) is 111 Å². The van der Waals surface area contributed by atoms with Crippen LogP contribution in [0.15, 0.2) is 96.2 Å². The van der Waals surface area contributed by atoms with E-state index in [0.717, 1.165) is 27.6 Å². The summed E-state index contributed by atoms with van der Waals surface area (Å²) in [4.78, 5) is 21.2. The van der Waals surface area contributed by atoms with E-state index >= 15 is 0 Å². The van der Waals surface area contributed by atoms with Gasteiger partial charge in [0, 0.05) is 46.5 Å². The van der Waals surface area contributed by atoms with Gasteiger partial charge in [-0.05, 0) is 78.1 Å². The number of hydrogen-bond acceptors (Lipinski definition) is 8. The predicted octanol–water partition coefficient (Wildman–Crippen LogP) is 7.18. The molecule has 0 aliphatic carbocycles. The molecule has 0 amide bonds. The fourth-order valence-corrected chi connectivity index (χ4v) is 7.69. The molecule has 0 bridgehead atoms. The van der Waals surface area contributed by atoms with E-state index in [1.165, 1.54) is 43.1 Å². The number of rotatable bonds is 9. The maximum absolute atomic E-state index is 13.5. The highest BCUT2D eigenvalue weighted by Crippen LogP contribution is 2.36. The number of fused-ring (bicyclic) bond motifs is 1. The first-order valence-corrected chi connectivity index (χ1v) is 17.2. The number of sulfonamides is 1. The molecule has 4 aromatic carbocycles. The first-order valence-electron chi connectivity index (χ1n) is 15.0. The van der Waals surface area contributed by atoms with Crippen LogP contribution >= 0.6 is 23.2 Å². The average molecular weight is 692 g/mol. The summed E-state index contributed by atoms with van der Waals surface area (Å²) in [6.07, 6.45) is 2.67. The van der Waals surface area contributed by atoms with Crippen molar-refractivity contribution < 1.29 is 22.7 Å². The van der Waals surface area contributed by atoms with Crippen molar-refractivity contribution in [1.82, 2.24) is 14.3 Å². The maximum atomic E-state index is 13.5. The minimum Gasteiger partial charge on any atom is -0.496 e. The van der Waals surface area contributed by atoms with Crippen molar-refractivity contribution in [2.75, 3.05) is 32.6 Å². The zero-order valence-corrected chi connectivity index (χ0v) is 28.0. The third-order valence-corrected chi connectivity index (χ3v) is 10.8. The number of carbonyl (C=O) groups is 1. The summed E-state index contributed by atoms with van der Waals surface area (Å²) in [5.74, 6) is 0.134. The Bertz CT molecular complexity index is 1970. The van der Waals surface area contributed by atoms with Crippen molar-refractivity contribution in [1.29, 1.82) is 0 Å². The molecule has 1 fully saturated rings. The summed E-state index contributed by atoms with van der Waals surface area (Å²) in [7, 11) is -1.18. The van der Waals surface area contributed by atoms with Crippen molar-refractivity contribution in [3.63, 3.8) is 0 Å². The van der Waals surface area contributed by atoms with Crippen LogP contribution in [0.4, 0.5) is 5.82 Å². The molecule has 0 saturated carbocycles. The molecule has 0 atom stereocenters. The van der Waals surface area contributed by atoms with E-state index in [4.69, 9.17) is 32.7 Å². The molecule has 1 aliphatic rings. The lowest BCUT2D eigenvalue weighted by molar-refractivity contribution is 0.0597. The molecule has 0 radical (unpaired) electrons. The van der Waals surface area contributed by atoms with Crippen molar-refractivity contribution in [2.45, 2.75) is 29.7 Å². The Morgan fingerprint density at radius 3 is 2.06 bits per heavy atom. The Morgan fingerprint density at radius 2 is 1.47 bits per heavy atom. The van der Waals surface area contributed by atoms with E-state index in [9.17, 15) is 13.2 Å². The second kappa shape index (κ2) is 13.9. The Kier molecular flexibility index (Phi) is 9.65. The van der Waals surface area contributed by atoms with Gasteiger partial charge in [-0.1, -0.05) is 53.5 Å². The number of carbonyl (C=O) groups excluding carboxylic acids is 1. The summed E-state index contributed by atoms with van der Waals surface area (Å²) in [6, 6.07) is 26.0. The van der Waals surface area contributed by atoms with Crippen LogP contribution < -0.4 is 10.1 Å². The van der Waals surface area contributed by atoms with Crippen molar-refractivity contribution in [3.05, 3.63) is 124 Å². The number of aromatic nitrogens is 2. The molecule has 47 heavy (non-hydrogen) atoms. The molecule has 1 saturated heterocycles. The van der Waals surface area contributed by atoms with Crippen LogP contribution in [0.1, 0.15) is 45.8 Å². The number of benzene rings is 4. The second-order valence-electron chi connectivity index (χ2n) is 11.2. The minimum atomic E-state index is -3.82. The summed E-state index contributed by atoms with van der Waals surface area (Å²) in [5, 5.41) is 5.76. The third-order valence-electron chi connectivity index (χ3n) is 8.41. The lowest BCUT2D eigenvalue weighted by Crippen LogP contribution is -2.42. The van der Waals surface area contributed by atoms with Crippen LogP contribution in [0.3, 0.4) is 0 Å². The highest BCUT2D eigenvalue weighted by Gasteiger charge is 2.31. The second-order valence-corrected chi connectivity index (χ2v) is 14.0. The number of hydrogen-bond donors (Lipinski definition) is 1. The molecule has 0 spiro atoms. The molecule has 6 rings (SSSR count). The van der Waals surface area contributed by atoms with Crippen molar-refractivity contribution in [3.8, 4) is 5.75 Å². The van der Waals surface area contributed by atoms with E-state index in [-0.39, 0.29) is 28.2 Å². The molecule has 12 heteroatoms. The Morgan fingerprint density at radius 1 is 0.851 bits per heavy atom. The highest BCUT2D eigenvalue weighted by molar-refractivity contribution is 7.89. The molecular weight excluding hydrogens is 659 g/mol. The van der Waals surface area contributed by atoms with Crippen LogP contribution in [0.5, 0.6) is 5.75 Å². The van der Waals surface area contributed by atoms with Crippen LogP contribution in [-0.2, 0) is 14.8 Å². The first-order chi connectivity index (χ1) is 22.7. The lowest BCUT2D eigenvalue weighted by atomic mass is 9.84. The quantitative estimate of drug-likeness (QED) is 0.128. The Hall–Kier alpha value is -4.22. The number of nitrogens with one attached hydrogen (secondary N) is 1. The van der Waals surface area contributed by atoms with E-state index in [1.807, 2.05) is 54.6 Å². The van der Waals surface area contributed by atoms with Gasteiger partial charge in [0.05, 0.1) is 24.6 Å². The number of piperidine rings is 1. The molecule has 1 N–H and O–H groups in total. The van der Waals surface area contributed by atoms with Crippen molar-refractivity contribution >= 4 is 55.9 Å². The van der Waals surface area contributed by atoms with Gasteiger partial charge in [-0.25, -0.2) is 23.2 Å². The average Bonchev–Trinajstić information content (AvgIpc) is 3.10. The van der Waals surface area contributed by atoms with Gasteiger partial charge in [0.15, 0.2) is 0 Å². The minimum absolute atomic E-state index is 0.0113. The summed E-state index contributed by atoms with van der Waals surface area (Å²) in [5.41, 5.74) is 4.16. The monoisotopic (exact) mass is 690 g/mol. The normalized spacial score (nSPS) is 14.3. The van der Waals surface area contributed by atoms with Gasteiger partial charge in [0.25, 0.3) is 0 Å². The van der Waals surface area contributed by atoms with Gasteiger partial charge >= 0.3 is 5.97 Å². The number of ether oxygens (including phenoxy) is 2. The molecule has 5 aromatic rings. The summed E-state index contributed by atoms with van der Waals surface area (Å²) in [6.45, 7) is 0.620. The van der Waals surface area contributed by atoms with E-state index in [1.54, 1.807) is 0 Å². The van der Waals surface area contributed by atoms with Crippen LogP contribution in [-0.4, -0.2) is 62.0 Å². The SMILES string of the molecule is COC(=O)c1ccc(S(=O)(=O)N2CCC(Nc3ncnc4ccc(C(c5ccc(Cl)cc5)c5ccc(Cl)cc5)cc34)CC2)cc1OC. The van der Waals surface area contributed by atoms with Crippen LogP contribution in [0.25, 0.3) is 10.9 Å². The molecule has 1 aromatic heterocycles. The summed E-state index contributed by atoms with van der Waals surface area (Å²) >= 11 is 12.4. The largest absolute Gasteiger partial charge is 0.496 e. The van der Waals surface area contributed by atoms with E-state index in [2.05, 4.69) is 27.4 Å². The fraction of sp³-hybridized carbons (Fsp3) is 0.229. The Balaban J connectivity index is 1.23. The number of esters is 1. The number of nitrogens with zero attached hydrogens (tertiary/aromatic N) is 3. The first kappa shape index (κ1) is 32.7. The zero-order valence-electron chi connectivity index (χ0n) is 25.7. The molecule has 0 unspecified atom stereocenters. The number of halogens is 2. The number of anilines is 1. The molecule has 9 nitrogen and oxygen atoms in total. The van der Waals surface area contributed by atoms with Gasteiger partial charge < -0.3 is 14.8 Å². The maximum Gasteiger partial charge on any atom is 0.341 e. The van der Waals surface area contributed by atoms with E-state index in [0.29, 0.717) is 41.8 Å². The number of methoxy groups -OCH3 is 2. The smallest absolute Gasteiger partial charge is 0.341 e. The zero-order chi connectivity index (χ0) is 33.1. The van der Waals surface area contributed by atoms with Gasteiger partial charge in [0.2, 0.25) is 10.0 Å². The third kappa shape index (κ3) is 6.92. The van der Waals surface area contributed by atoms with Gasteiger partial charge in [-0.2, -0.15) is 4.31 Å². The molecule has 1 aliphatic heterocycles. The Labute approximate surface area is 283 Å². The lowest BCUT2D eigenvalue weighted by Gasteiger charge is -2.32. The van der Waals surface area contributed by atoms with Crippen molar-refractivity contribution in [2.24, 2.45) is 0 Å². The summed E-state index contributed by atoms with van der Waals surface area (Å²) < 4.78 is 38.5. The standard InChI is InChI=1S/C35H32Cl2N4O5S/c1-45-32-20-28(12-13-29(32)35(42)46-2)47(43,44)41-17-15-27(16-18-41)40-34-30-19-24(7-14-31(30)38-21-39-34)33(22-3-8-25(36)9-4-22)23-5-10-26(37)11-6-23/h3-14,19-21,27,33H,15-18H2,1-2H3,(H,38,39,40).